The van der Waals surface area contributed by atoms with E-state index in [0.29, 0.717) is 37.2 Å². The molecule has 1 spiro atoms. The Labute approximate surface area is 174 Å². The Hall–Kier alpha value is -3.10. The van der Waals surface area contributed by atoms with Crippen LogP contribution in [0, 0.1) is 0 Å². The van der Waals surface area contributed by atoms with Gasteiger partial charge >= 0.3 is 6.03 Å². The van der Waals surface area contributed by atoms with E-state index in [9.17, 15) is 19.2 Å². The second-order valence-corrected chi connectivity index (χ2v) is 8.13. The molecule has 2 fully saturated rings. The van der Waals surface area contributed by atoms with Crippen molar-refractivity contribution in [1.82, 2.24) is 20.4 Å². The van der Waals surface area contributed by atoms with E-state index < -0.39 is 11.6 Å². The standard InChI is InChI=1S/C21H26N4O5/c1-30-15-5-4-14-6-7-21(23-19(28)16(14)11-15)8-10-24(13-21)17(26)3-2-9-25-18(27)12-22-20(25)29/h4-5,11H,2-3,6-10,12-13H2,1H3,(H,22,29)(H,23,28)/t21-/m1/s1. The fraction of sp³-hybridized carbons (Fsp3) is 0.524. The highest BCUT2D eigenvalue weighted by Gasteiger charge is 2.42. The number of nitrogens with zero attached hydrogens (tertiary/aromatic N) is 2. The molecule has 9 heteroatoms. The molecule has 1 atom stereocenters. The first-order chi connectivity index (χ1) is 14.4. The molecule has 30 heavy (non-hydrogen) atoms. The summed E-state index contributed by atoms with van der Waals surface area (Å²) in [5.41, 5.74) is 1.19. The number of methoxy groups -OCH3 is 1. The first kappa shape index (κ1) is 20.2. The summed E-state index contributed by atoms with van der Waals surface area (Å²) < 4.78 is 5.24. The van der Waals surface area contributed by atoms with Gasteiger partial charge in [-0.1, -0.05) is 6.07 Å². The Kier molecular flexibility index (Phi) is 5.36. The van der Waals surface area contributed by atoms with Crippen molar-refractivity contribution in [2.45, 2.75) is 37.6 Å². The largest absolute Gasteiger partial charge is 0.497 e. The number of urea groups is 1. The van der Waals surface area contributed by atoms with Gasteiger partial charge in [0.1, 0.15) is 5.75 Å². The van der Waals surface area contributed by atoms with Crippen LogP contribution in [0.2, 0.25) is 0 Å². The zero-order valence-corrected chi connectivity index (χ0v) is 17.0. The molecule has 0 unspecified atom stereocenters. The second kappa shape index (κ2) is 7.97. The van der Waals surface area contributed by atoms with E-state index in [2.05, 4.69) is 10.6 Å². The summed E-state index contributed by atoms with van der Waals surface area (Å²) in [7, 11) is 1.57. The van der Waals surface area contributed by atoms with Crippen molar-refractivity contribution in [1.29, 1.82) is 0 Å². The van der Waals surface area contributed by atoms with Gasteiger partial charge in [-0.25, -0.2) is 4.79 Å². The highest BCUT2D eigenvalue weighted by Crippen LogP contribution is 2.32. The maximum atomic E-state index is 12.8. The Morgan fingerprint density at radius 3 is 2.80 bits per heavy atom. The number of hydrogen-bond acceptors (Lipinski definition) is 5. The van der Waals surface area contributed by atoms with Gasteiger partial charge in [-0.3, -0.25) is 19.3 Å². The smallest absolute Gasteiger partial charge is 0.324 e. The van der Waals surface area contributed by atoms with Gasteiger partial charge in [-0.2, -0.15) is 0 Å². The Balaban J connectivity index is 1.34. The SMILES string of the molecule is COc1ccc2c(c1)C(=O)N[C@]1(CC2)CCN(C(=O)CCCN2C(=O)CNC2=O)C1. The zero-order chi connectivity index (χ0) is 21.3. The molecule has 3 aliphatic heterocycles. The third kappa shape index (κ3) is 3.83. The van der Waals surface area contributed by atoms with E-state index in [1.54, 1.807) is 18.1 Å². The van der Waals surface area contributed by atoms with Gasteiger partial charge in [0, 0.05) is 31.6 Å². The minimum absolute atomic E-state index is 0.0170. The normalized spacial score (nSPS) is 23.3. The molecular weight excluding hydrogens is 388 g/mol. The van der Waals surface area contributed by atoms with Crippen LogP contribution in [0.5, 0.6) is 5.75 Å². The number of carbonyl (C=O) groups is 4. The van der Waals surface area contributed by atoms with Gasteiger partial charge in [0.15, 0.2) is 0 Å². The molecule has 3 heterocycles. The molecule has 0 aromatic heterocycles. The lowest BCUT2D eigenvalue weighted by molar-refractivity contribution is -0.131. The Morgan fingerprint density at radius 2 is 2.07 bits per heavy atom. The van der Waals surface area contributed by atoms with Crippen LogP contribution in [0.25, 0.3) is 0 Å². The Morgan fingerprint density at radius 1 is 1.23 bits per heavy atom. The average Bonchev–Trinajstić information content (AvgIpc) is 3.26. The highest BCUT2D eigenvalue weighted by atomic mass is 16.5. The molecule has 1 aromatic carbocycles. The van der Waals surface area contributed by atoms with E-state index in [-0.39, 0.29) is 37.2 Å². The lowest BCUT2D eigenvalue weighted by Crippen LogP contribution is -2.50. The van der Waals surface area contributed by atoms with Gasteiger partial charge < -0.3 is 20.3 Å². The average molecular weight is 414 g/mol. The zero-order valence-electron chi connectivity index (χ0n) is 17.0. The van der Waals surface area contributed by atoms with Crippen LogP contribution in [-0.4, -0.2) is 72.4 Å². The number of carbonyl (C=O) groups excluding carboxylic acids is 4. The topological polar surface area (TPSA) is 108 Å². The lowest BCUT2D eigenvalue weighted by Gasteiger charge is -2.29. The maximum Gasteiger partial charge on any atom is 0.324 e. The van der Waals surface area contributed by atoms with Crippen LogP contribution in [0.1, 0.15) is 41.6 Å². The molecule has 9 nitrogen and oxygen atoms in total. The number of hydrogen-bond donors (Lipinski definition) is 2. The molecule has 0 aliphatic carbocycles. The quantitative estimate of drug-likeness (QED) is 0.689. The van der Waals surface area contributed by atoms with Gasteiger partial charge in [0.25, 0.3) is 5.91 Å². The van der Waals surface area contributed by atoms with E-state index in [0.717, 1.165) is 23.3 Å². The number of ether oxygens (including phenoxy) is 1. The molecule has 3 aliphatic rings. The third-order valence-corrected chi connectivity index (χ3v) is 6.23. The maximum absolute atomic E-state index is 12.8. The minimum atomic E-state index is -0.427. The molecule has 0 radical (unpaired) electrons. The van der Waals surface area contributed by atoms with E-state index >= 15 is 0 Å². The number of nitrogens with one attached hydrogen (secondary N) is 2. The summed E-state index contributed by atoms with van der Waals surface area (Å²) >= 11 is 0. The van der Waals surface area contributed by atoms with Crippen LogP contribution < -0.4 is 15.4 Å². The first-order valence-electron chi connectivity index (χ1n) is 10.3. The van der Waals surface area contributed by atoms with Crippen LogP contribution >= 0.6 is 0 Å². The summed E-state index contributed by atoms with van der Waals surface area (Å²) in [6.07, 6.45) is 2.93. The number of fused-ring (bicyclic) bond motifs is 1. The number of benzene rings is 1. The molecule has 2 saturated heterocycles. The van der Waals surface area contributed by atoms with Crippen molar-refractivity contribution in [2.24, 2.45) is 0 Å². The predicted molar refractivity (Wildman–Crippen MR) is 107 cm³/mol. The molecule has 2 N–H and O–H groups in total. The molecule has 4 rings (SSSR count). The highest BCUT2D eigenvalue weighted by molar-refractivity contribution is 6.02. The van der Waals surface area contributed by atoms with Crippen LogP contribution in [-0.2, 0) is 16.0 Å². The van der Waals surface area contributed by atoms with Crippen molar-refractivity contribution in [3.05, 3.63) is 29.3 Å². The second-order valence-electron chi connectivity index (χ2n) is 8.13. The van der Waals surface area contributed by atoms with Gasteiger partial charge in [-0.05, 0) is 43.4 Å². The van der Waals surface area contributed by atoms with Gasteiger partial charge in [0.2, 0.25) is 11.8 Å². The van der Waals surface area contributed by atoms with E-state index in [4.69, 9.17) is 4.74 Å². The third-order valence-electron chi connectivity index (χ3n) is 6.23. The monoisotopic (exact) mass is 414 g/mol. The molecule has 0 bridgehead atoms. The van der Waals surface area contributed by atoms with Crippen LogP contribution in [0.3, 0.4) is 0 Å². The Bertz CT molecular complexity index is 885. The summed E-state index contributed by atoms with van der Waals surface area (Å²) in [5.74, 6) is 0.240. The number of aryl methyl sites for hydroxylation is 1. The summed E-state index contributed by atoms with van der Waals surface area (Å²) in [4.78, 5) is 51.6. The van der Waals surface area contributed by atoms with E-state index in [1.807, 2.05) is 12.1 Å². The molecule has 0 saturated carbocycles. The fourth-order valence-corrected chi connectivity index (χ4v) is 4.48. The summed E-state index contributed by atoms with van der Waals surface area (Å²) in [5, 5.41) is 5.64. The van der Waals surface area contributed by atoms with E-state index in [1.165, 1.54) is 0 Å². The van der Waals surface area contributed by atoms with Crippen molar-refractivity contribution < 1.29 is 23.9 Å². The number of likely N-dealkylation sites (tertiary alicyclic amines) is 1. The lowest BCUT2D eigenvalue weighted by atomic mass is 9.91. The van der Waals surface area contributed by atoms with Crippen LogP contribution in [0.15, 0.2) is 18.2 Å². The van der Waals surface area contributed by atoms with Crippen molar-refractivity contribution in [2.75, 3.05) is 33.3 Å². The first-order valence-corrected chi connectivity index (χ1v) is 10.3. The number of rotatable bonds is 5. The molecule has 1 aromatic rings. The van der Waals surface area contributed by atoms with Crippen LogP contribution in [0.4, 0.5) is 4.79 Å². The summed E-state index contributed by atoms with van der Waals surface area (Å²) in [6, 6.07) is 5.16. The number of amides is 5. The van der Waals surface area contributed by atoms with Crippen molar-refractivity contribution in [3.8, 4) is 5.75 Å². The number of imide groups is 1. The van der Waals surface area contributed by atoms with Gasteiger partial charge in [0.05, 0.1) is 19.2 Å². The molecule has 5 amide bonds. The fourth-order valence-electron chi connectivity index (χ4n) is 4.48. The predicted octanol–water partition coefficient (Wildman–Crippen LogP) is 0.674. The van der Waals surface area contributed by atoms with Crippen molar-refractivity contribution in [3.63, 3.8) is 0 Å². The molecular formula is C21H26N4O5. The van der Waals surface area contributed by atoms with Gasteiger partial charge in [-0.15, -0.1) is 0 Å². The summed E-state index contributed by atoms with van der Waals surface area (Å²) in [6.45, 7) is 1.33. The minimum Gasteiger partial charge on any atom is -0.497 e. The van der Waals surface area contributed by atoms with Crippen molar-refractivity contribution >= 4 is 23.8 Å². The molecule has 160 valence electrons.